The Hall–Kier alpha value is -1.55. The van der Waals surface area contributed by atoms with E-state index < -0.39 is 0 Å². The standard InChI is InChI=1S/C19H32N2O2/c1-13-10-14(8-7-9-16(22)21-20)11-15(17(13)23)19(5,6)12-18(2,3)4/h10-11,23H,7-9,12,20H2,1-6H3,(H,21,22). The summed E-state index contributed by atoms with van der Waals surface area (Å²) in [4.78, 5) is 11.2. The van der Waals surface area contributed by atoms with E-state index in [1.165, 1.54) is 0 Å². The van der Waals surface area contributed by atoms with E-state index in [-0.39, 0.29) is 16.7 Å². The number of aromatic hydroxyl groups is 1. The Morgan fingerprint density at radius 3 is 2.35 bits per heavy atom. The summed E-state index contributed by atoms with van der Waals surface area (Å²) in [5, 5.41) is 10.5. The van der Waals surface area contributed by atoms with Crippen molar-refractivity contribution < 1.29 is 9.90 Å². The van der Waals surface area contributed by atoms with Crippen molar-refractivity contribution in [3.8, 4) is 5.75 Å². The molecule has 0 atom stereocenters. The predicted octanol–water partition coefficient (Wildman–Crippen LogP) is 3.73. The summed E-state index contributed by atoms with van der Waals surface area (Å²) < 4.78 is 0. The van der Waals surface area contributed by atoms with Crippen LogP contribution in [-0.2, 0) is 16.6 Å². The van der Waals surface area contributed by atoms with E-state index in [1.807, 2.05) is 13.0 Å². The molecule has 4 heteroatoms. The average molecular weight is 320 g/mol. The Balaban J connectivity index is 3.02. The van der Waals surface area contributed by atoms with Crippen LogP contribution >= 0.6 is 0 Å². The molecule has 0 spiro atoms. The van der Waals surface area contributed by atoms with Gasteiger partial charge in [0.15, 0.2) is 0 Å². The van der Waals surface area contributed by atoms with Gasteiger partial charge in [0.05, 0.1) is 0 Å². The third-order valence-electron chi connectivity index (χ3n) is 4.09. The monoisotopic (exact) mass is 320 g/mol. The molecule has 0 heterocycles. The average Bonchev–Trinajstić information content (AvgIpc) is 2.39. The smallest absolute Gasteiger partial charge is 0.233 e. The highest BCUT2D eigenvalue weighted by Crippen LogP contribution is 2.41. The van der Waals surface area contributed by atoms with Gasteiger partial charge in [-0.1, -0.05) is 46.8 Å². The van der Waals surface area contributed by atoms with Gasteiger partial charge in [-0.3, -0.25) is 10.2 Å². The van der Waals surface area contributed by atoms with Crippen LogP contribution in [0.3, 0.4) is 0 Å². The van der Waals surface area contributed by atoms with Crippen LogP contribution in [0.25, 0.3) is 0 Å². The maximum Gasteiger partial charge on any atom is 0.233 e. The van der Waals surface area contributed by atoms with Crippen LogP contribution in [0.15, 0.2) is 12.1 Å². The van der Waals surface area contributed by atoms with Crippen LogP contribution in [0.1, 0.15) is 70.6 Å². The van der Waals surface area contributed by atoms with Gasteiger partial charge in [0.2, 0.25) is 5.91 Å². The van der Waals surface area contributed by atoms with Gasteiger partial charge in [-0.25, -0.2) is 5.84 Å². The maximum atomic E-state index is 11.2. The minimum atomic E-state index is -0.145. The molecule has 0 aliphatic rings. The van der Waals surface area contributed by atoms with Crippen molar-refractivity contribution in [2.24, 2.45) is 11.3 Å². The van der Waals surface area contributed by atoms with Gasteiger partial charge in [-0.2, -0.15) is 0 Å². The number of amides is 1. The van der Waals surface area contributed by atoms with E-state index >= 15 is 0 Å². The number of carbonyl (C=O) groups excluding carboxylic acids is 1. The Bertz CT molecular complexity index is 557. The zero-order valence-electron chi connectivity index (χ0n) is 15.4. The second-order valence-corrected chi connectivity index (χ2v) is 8.35. The van der Waals surface area contributed by atoms with Crippen LogP contribution in [0, 0.1) is 12.3 Å². The summed E-state index contributed by atoms with van der Waals surface area (Å²) in [6.07, 6.45) is 2.93. The second-order valence-electron chi connectivity index (χ2n) is 8.35. The molecule has 1 aromatic carbocycles. The molecule has 0 fully saturated rings. The van der Waals surface area contributed by atoms with E-state index in [0.29, 0.717) is 12.2 Å². The van der Waals surface area contributed by atoms with E-state index in [2.05, 4.69) is 46.1 Å². The lowest BCUT2D eigenvalue weighted by Crippen LogP contribution is -2.29. The van der Waals surface area contributed by atoms with Crippen molar-refractivity contribution in [1.29, 1.82) is 0 Å². The predicted molar refractivity (Wildman–Crippen MR) is 95.2 cm³/mol. The van der Waals surface area contributed by atoms with Crippen LogP contribution < -0.4 is 11.3 Å². The molecule has 0 bridgehead atoms. The summed E-state index contributed by atoms with van der Waals surface area (Å²) in [6, 6.07) is 4.10. The quantitative estimate of drug-likeness (QED) is 0.425. The van der Waals surface area contributed by atoms with E-state index in [0.717, 1.165) is 36.0 Å². The van der Waals surface area contributed by atoms with Gasteiger partial charge in [0.25, 0.3) is 0 Å². The zero-order chi connectivity index (χ0) is 17.8. The first-order valence-corrected chi connectivity index (χ1v) is 8.29. The Labute approximate surface area is 140 Å². The van der Waals surface area contributed by atoms with Crippen LogP contribution in [0.4, 0.5) is 0 Å². The van der Waals surface area contributed by atoms with Crippen molar-refractivity contribution >= 4 is 5.91 Å². The number of rotatable bonds is 6. The number of carbonyl (C=O) groups is 1. The fourth-order valence-electron chi connectivity index (χ4n) is 3.46. The van der Waals surface area contributed by atoms with Gasteiger partial charge in [0.1, 0.15) is 5.75 Å². The molecule has 4 nitrogen and oxygen atoms in total. The van der Waals surface area contributed by atoms with Gasteiger partial charge in [-0.05, 0) is 48.1 Å². The summed E-state index contributed by atoms with van der Waals surface area (Å²) >= 11 is 0. The van der Waals surface area contributed by atoms with Crippen LogP contribution in [-0.4, -0.2) is 11.0 Å². The molecule has 4 N–H and O–H groups in total. The normalized spacial score (nSPS) is 12.3. The second kappa shape index (κ2) is 7.35. The van der Waals surface area contributed by atoms with Crippen LogP contribution in [0.5, 0.6) is 5.75 Å². The van der Waals surface area contributed by atoms with Gasteiger partial charge < -0.3 is 5.11 Å². The number of phenolic OH excluding ortho intramolecular Hbond substituents is 1. The molecule has 0 aromatic heterocycles. The van der Waals surface area contributed by atoms with E-state index in [1.54, 1.807) is 0 Å². The van der Waals surface area contributed by atoms with Gasteiger partial charge in [0, 0.05) is 12.0 Å². The number of hydrazine groups is 1. The molecule has 0 aliphatic heterocycles. The summed E-state index contributed by atoms with van der Waals surface area (Å²) in [7, 11) is 0. The number of benzene rings is 1. The molecule has 1 aromatic rings. The number of aryl methyl sites for hydroxylation is 2. The molecular formula is C19H32N2O2. The number of nitrogens with one attached hydrogen (secondary N) is 1. The molecule has 0 radical (unpaired) electrons. The van der Waals surface area contributed by atoms with E-state index in [4.69, 9.17) is 5.84 Å². The molecule has 0 aliphatic carbocycles. The summed E-state index contributed by atoms with van der Waals surface area (Å²) in [5.74, 6) is 5.35. The summed E-state index contributed by atoms with van der Waals surface area (Å²) in [5.41, 5.74) is 5.26. The molecule has 0 saturated heterocycles. The Morgan fingerprint density at radius 2 is 1.83 bits per heavy atom. The van der Waals surface area contributed by atoms with Crippen molar-refractivity contribution in [2.45, 2.75) is 72.6 Å². The molecule has 1 rings (SSSR count). The highest BCUT2D eigenvalue weighted by molar-refractivity contribution is 5.75. The number of phenols is 1. The van der Waals surface area contributed by atoms with E-state index in [9.17, 15) is 9.90 Å². The molecule has 23 heavy (non-hydrogen) atoms. The molecule has 0 saturated carbocycles. The van der Waals surface area contributed by atoms with Crippen LogP contribution in [0.2, 0.25) is 0 Å². The number of hydrogen-bond donors (Lipinski definition) is 3. The highest BCUT2D eigenvalue weighted by Gasteiger charge is 2.30. The Kier molecular flexibility index (Phi) is 6.23. The third-order valence-corrected chi connectivity index (χ3v) is 4.09. The zero-order valence-corrected chi connectivity index (χ0v) is 15.4. The molecular weight excluding hydrogens is 288 g/mol. The van der Waals surface area contributed by atoms with Crippen molar-refractivity contribution in [3.05, 3.63) is 28.8 Å². The summed E-state index contributed by atoms with van der Waals surface area (Å²) in [6.45, 7) is 12.9. The number of nitrogens with two attached hydrogens (primary N) is 1. The minimum absolute atomic E-state index is 0.113. The topological polar surface area (TPSA) is 75.4 Å². The van der Waals surface area contributed by atoms with Crippen molar-refractivity contribution in [2.75, 3.05) is 0 Å². The SMILES string of the molecule is Cc1cc(CCCC(=O)NN)cc(C(C)(C)CC(C)(C)C)c1O. The lowest BCUT2D eigenvalue weighted by atomic mass is 9.71. The number of hydrogen-bond acceptors (Lipinski definition) is 3. The fourth-order valence-corrected chi connectivity index (χ4v) is 3.46. The first kappa shape index (κ1) is 19.5. The third kappa shape index (κ3) is 5.87. The highest BCUT2D eigenvalue weighted by atomic mass is 16.3. The first-order chi connectivity index (χ1) is 10.5. The lowest BCUT2D eigenvalue weighted by Gasteiger charge is -2.34. The molecule has 130 valence electrons. The van der Waals surface area contributed by atoms with Gasteiger partial charge in [-0.15, -0.1) is 0 Å². The first-order valence-electron chi connectivity index (χ1n) is 8.29. The fraction of sp³-hybridized carbons (Fsp3) is 0.632. The van der Waals surface area contributed by atoms with Gasteiger partial charge >= 0.3 is 0 Å². The molecule has 0 unspecified atom stereocenters. The van der Waals surface area contributed by atoms with Crippen molar-refractivity contribution in [3.63, 3.8) is 0 Å². The molecule has 1 amide bonds. The minimum Gasteiger partial charge on any atom is -0.507 e. The lowest BCUT2D eigenvalue weighted by molar-refractivity contribution is -0.121. The van der Waals surface area contributed by atoms with Crippen molar-refractivity contribution in [1.82, 2.24) is 5.43 Å². The largest absolute Gasteiger partial charge is 0.507 e. The maximum absolute atomic E-state index is 11.2. The Morgan fingerprint density at radius 1 is 1.22 bits per heavy atom.